The van der Waals surface area contributed by atoms with Crippen molar-refractivity contribution in [1.29, 1.82) is 0 Å². The van der Waals surface area contributed by atoms with Crippen molar-refractivity contribution in [3.8, 4) is 5.75 Å². The molecule has 0 fully saturated rings. The van der Waals surface area contributed by atoms with Crippen LogP contribution in [0, 0.1) is 18.6 Å². The second-order valence-electron chi connectivity index (χ2n) is 4.74. The average Bonchev–Trinajstić information content (AvgIpc) is 2.39. The maximum absolute atomic E-state index is 14.1. The monoisotopic (exact) mass is 355 g/mol. The normalized spacial score (nSPS) is 12.3. The van der Waals surface area contributed by atoms with Gasteiger partial charge in [0, 0.05) is 15.6 Å². The van der Waals surface area contributed by atoms with E-state index < -0.39 is 17.7 Å². The summed E-state index contributed by atoms with van der Waals surface area (Å²) in [6.07, 6.45) is 0. The third-order valence-electron chi connectivity index (χ3n) is 3.16. The molecule has 0 saturated heterocycles. The summed E-state index contributed by atoms with van der Waals surface area (Å²) in [6.45, 7) is 4.18. The predicted octanol–water partition coefficient (Wildman–Crippen LogP) is 4.48. The Morgan fingerprint density at radius 2 is 1.81 bits per heavy atom. The highest BCUT2D eigenvalue weighted by atomic mass is 79.9. The summed E-state index contributed by atoms with van der Waals surface area (Å²) in [5.41, 5.74) is 7.44. The second kappa shape index (κ2) is 6.54. The van der Waals surface area contributed by atoms with Crippen molar-refractivity contribution >= 4 is 15.9 Å². The molecule has 1 unspecified atom stereocenters. The lowest BCUT2D eigenvalue weighted by Gasteiger charge is -2.19. The van der Waals surface area contributed by atoms with Gasteiger partial charge in [-0.25, -0.2) is 8.78 Å². The van der Waals surface area contributed by atoms with Gasteiger partial charge in [0.2, 0.25) is 0 Å². The van der Waals surface area contributed by atoms with E-state index in [9.17, 15) is 8.78 Å². The molecule has 0 aliphatic rings. The van der Waals surface area contributed by atoms with Crippen molar-refractivity contribution in [3.05, 3.63) is 63.1 Å². The molecule has 2 aromatic rings. The maximum Gasteiger partial charge on any atom is 0.132 e. The number of nitrogens with two attached hydrogens (primary N) is 1. The van der Waals surface area contributed by atoms with Gasteiger partial charge in [0.15, 0.2) is 0 Å². The summed E-state index contributed by atoms with van der Waals surface area (Å²) in [5.74, 6) is -0.825. The van der Waals surface area contributed by atoms with Crippen LogP contribution in [-0.2, 0) is 0 Å². The van der Waals surface area contributed by atoms with Gasteiger partial charge in [0.25, 0.3) is 0 Å². The van der Waals surface area contributed by atoms with Crippen LogP contribution in [0.2, 0.25) is 0 Å². The molecule has 0 aromatic heterocycles. The van der Waals surface area contributed by atoms with Crippen molar-refractivity contribution in [1.82, 2.24) is 0 Å². The van der Waals surface area contributed by atoms with Gasteiger partial charge < -0.3 is 10.5 Å². The van der Waals surface area contributed by atoms with Crippen molar-refractivity contribution < 1.29 is 13.5 Å². The van der Waals surface area contributed by atoms with Crippen LogP contribution in [-0.4, -0.2) is 6.61 Å². The SMILES string of the molecule is CCOc1ccc(C)cc1C(N)c1c(F)cc(Br)cc1F. The average molecular weight is 356 g/mol. The minimum atomic E-state index is -0.931. The van der Waals surface area contributed by atoms with Crippen LogP contribution < -0.4 is 10.5 Å². The molecule has 0 bridgehead atoms. The molecule has 5 heteroatoms. The quantitative estimate of drug-likeness (QED) is 0.877. The molecule has 0 amide bonds. The smallest absolute Gasteiger partial charge is 0.132 e. The Morgan fingerprint density at radius 3 is 2.38 bits per heavy atom. The van der Waals surface area contributed by atoms with E-state index in [1.165, 1.54) is 12.1 Å². The van der Waals surface area contributed by atoms with E-state index >= 15 is 0 Å². The molecule has 2 rings (SSSR count). The van der Waals surface area contributed by atoms with Crippen molar-refractivity contribution in [2.45, 2.75) is 19.9 Å². The first-order valence-corrected chi connectivity index (χ1v) is 7.36. The maximum atomic E-state index is 14.1. The van der Waals surface area contributed by atoms with Gasteiger partial charge in [-0.15, -0.1) is 0 Å². The lowest BCUT2D eigenvalue weighted by Crippen LogP contribution is -2.17. The van der Waals surface area contributed by atoms with E-state index in [0.717, 1.165) is 5.56 Å². The van der Waals surface area contributed by atoms with Gasteiger partial charge in [0.1, 0.15) is 17.4 Å². The highest BCUT2D eigenvalue weighted by molar-refractivity contribution is 9.10. The zero-order valence-electron chi connectivity index (χ0n) is 11.8. The molecule has 0 heterocycles. The first-order chi connectivity index (χ1) is 9.93. The van der Waals surface area contributed by atoms with Crippen LogP contribution in [0.4, 0.5) is 8.78 Å². The molecule has 21 heavy (non-hydrogen) atoms. The molecule has 2 aromatic carbocycles. The molecule has 0 spiro atoms. The van der Waals surface area contributed by atoms with Gasteiger partial charge in [0.05, 0.1) is 12.6 Å². The molecule has 0 radical (unpaired) electrons. The number of ether oxygens (including phenoxy) is 1. The zero-order chi connectivity index (χ0) is 15.6. The zero-order valence-corrected chi connectivity index (χ0v) is 13.4. The Kier molecular flexibility index (Phi) is 4.96. The van der Waals surface area contributed by atoms with Gasteiger partial charge in [-0.3, -0.25) is 0 Å². The number of benzene rings is 2. The fourth-order valence-corrected chi connectivity index (χ4v) is 2.61. The van der Waals surface area contributed by atoms with Crippen molar-refractivity contribution in [3.63, 3.8) is 0 Å². The summed E-state index contributed by atoms with van der Waals surface area (Å²) >= 11 is 3.06. The van der Waals surface area contributed by atoms with E-state index in [2.05, 4.69) is 15.9 Å². The fraction of sp³-hybridized carbons (Fsp3) is 0.250. The molecule has 0 aliphatic carbocycles. The molecular formula is C16H16BrF2NO. The Morgan fingerprint density at radius 1 is 1.19 bits per heavy atom. The summed E-state index contributed by atoms with van der Waals surface area (Å²) in [5, 5.41) is 0. The molecule has 0 aliphatic heterocycles. The van der Waals surface area contributed by atoms with E-state index in [1.807, 2.05) is 19.9 Å². The van der Waals surface area contributed by atoms with Crippen LogP contribution in [0.5, 0.6) is 5.75 Å². The molecule has 0 saturated carbocycles. The summed E-state index contributed by atoms with van der Waals surface area (Å²) in [6, 6.07) is 6.90. The van der Waals surface area contributed by atoms with Crippen LogP contribution in [0.15, 0.2) is 34.8 Å². The Labute approximate surface area is 131 Å². The van der Waals surface area contributed by atoms with Crippen LogP contribution in [0.1, 0.15) is 29.7 Å². The van der Waals surface area contributed by atoms with Gasteiger partial charge in [-0.2, -0.15) is 0 Å². The highest BCUT2D eigenvalue weighted by Crippen LogP contribution is 2.33. The Hall–Kier alpha value is -1.46. The lowest BCUT2D eigenvalue weighted by molar-refractivity contribution is 0.335. The molecule has 112 valence electrons. The first kappa shape index (κ1) is 15.9. The van der Waals surface area contributed by atoms with Gasteiger partial charge >= 0.3 is 0 Å². The van der Waals surface area contributed by atoms with Gasteiger partial charge in [-0.1, -0.05) is 33.6 Å². The second-order valence-corrected chi connectivity index (χ2v) is 5.65. The highest BCUT2D eigenvalue weighted by Gasteiger charge is 2.22. The van der Waals surface area contributed by atoms with E-state index in [1.54, 1.807) is 12.1 Å². The minimum absolute atomic E-state index is 0.162. The third-order valence-corrected chi connectivity index (χ3v) is 3.61. The number of halogens is 3. The number of aryl methyl sites for hydroxylation is 1. The van der Waals surface area contributed by atoms with Crippen LogP contribution in [0.25, 0.3) is 0 Å². The standard InChI is InChI=1S/C16H16BrF2NO/c1-3-21-14-5-4-9(2)6-11(14)16(20)15-12(18)7-10(17)8-13(15)19/h4-8,16H,3,20H2,1-2H3. The Balaban J connectivity index is 2.54. The topological polar surface area (TPSA) is 35.2 Å². The first-order valence-electron chi connectivity index (χ1n) is 6.57. The molecule has 1 atom stereocenters. The predicted molar refractivity (Wildman–Crippen MR) is 82.4 cm³/mol. The Bertz CT molecular complexity index is 638. The van der Waals surface area contributed by atoms with Crippen LogP contribution >= 0.6 is 15.9 Å². The van der Waals surface area contributed by atoms with Crippen molar-refractivity contribution in [2.24, 2.45) is 5.73 Å². The fourth-order valence-electron chi connectivity index (χ4n) is 2.20. The van der Waals surface area contributed by atoms with Crippen LogP contribution in [0.3, 0.4) is 0 Å². The summed E-state index contributed by atoms with van der Waals surface area (Å²) in [7, 11) is 0. The van der Waals surface area contributed by atoms with Crippen molar-refractivity contribution in [2.75, 3.05) is 6.61 Å². The third kappa shape index (κ3) is 3.41. The molecular weight excluding hydrogens is 340 g/mol. The largest absolute Gasteiger partial charge is 0.494 e. The summed E-state index contributed by atoms with van der Waals surface area (Å²) in [4.78, 5) is 0. The minimum Gasteiger partial charge on any atom is -0.494 e. The molecule has 2 N–H and O–H groups in total. The lowest BCUT2D eigenvalue weighted by atomic mass is 9.96. The van der Waals surface area contributed by atoms with E-state index in [4.69, 9.17) is 10.5 Å². The summed E-state index contributed by atoms with van der Waals surface area (Å²) < 4.78 is 34.0. The van der Waals surface area contributed by atoms with E-state index in [-0.39, 0.29) is 5.56 Å². The number of hydrogen-bond acceptors (Lipinski definition) is 2. The number of hydrogen-bond donors (Lipinski definition) is 1. The molecule has 2 nitrogen and oxygen atoms in total. The number of rotatable bonds is 4. The van der Waals surface area contributed by atoms with E-state index in [0.29, 0.717) is 22.4 Å². The van der Waals surface area contributed by atoms with Gasteiger partial charge in [-0.05, 0) is 32.0 Å².